The Morgan fingerprint density at radius 3 is 2.60 bits per heavy atom. The first-order valence-corrected chi connectivity index (χ1v) is 7.08. The Balaban J connectivity index is 2.50. The summed E-state index contributed by atoms with van der Waals surface area (Å²) < 4.78 is 0. The van der Waals surface area contributed by atoms with Crippen LogP contribution in [0.15, 0.2) is 4.99 Å². The molecule has 0 radical (unpaired) electrons. The second kappa shape index (κ2) is 7.72. The van der Waals surface area contributed by atoms with E-state index in [-0.39, 0.29) is 18.5 Å². The number of urea groups is 1. The van der Waals surface area contributed by atoms with E-state index in [4.69, 9.17) is 0 Å². The molecule has 0 aliphatic carbocycles. The quantitative estimate of drug-likeness (QED) is 0.368. The van der Waals surface area contributed by atoms with Gasteiger partial charge in [-0.1, -0.05) is 13.8 Å². The summed E-state index contributed by atoms with van der Waals surface area (Å²) in [6.07, 6.45) is 0. The third kappa shape index (κ3) is 4.71. The van der Waals surface area contributed by atoms with Gasteiger partial charge in [0.25, 0.3) is 0 Å². The molecule has 0 aromatic heterocycles. The number of hydrogen-bond acceptors (Lipinski definition) is 3. The van der Waals surface area contributed by atoms with Crippen molar-refractivity contribution in [2.75, 3.05) is 26.2 Å². The minimum Gasteiger partial charge on any atom is -0.357 e. The van der Waals surface area contributed by atoms with Gasteiger partial charge in [0.1, 0.15) is 0 Å². The second-order valence-electron chi connectivity index (χ2n) is 5.14. The average molecular weight is 283 g/mol. The van der Waals surface area contributed by atoms with Gasteiger partial charge in [0.05, 0.1) is 19.6 Å². The zero-order chi connectivity index (χ0) is 15.1. The molecule has 0 spiro atoms. The molecular formula is C13H25N5O2. The van der Waals surface area contributed by atoms with Gasteiger partial charge >= 0.3 is 6.03 Å². The van der Waals surface area contributed by atoms with Crippen LogP contribution in [-0.2, 0) is 4.79 Å². The van der Waals surface area contributed by atoms with E-state index in [2.05, 4.69) is 41.7 Å². The highest BCUT2D eigenvalue weighted by molar-refractivity contribution is 6.01. The molecule has 0 aromatic rings. The first kappa shape index (κ1) is 16.3. The number of nitrogens with zero attached hydrogens (tertiary/aromatic N) is 2. The lowest BCUT2D eigenvalue weighted by Gasteiger charge is -2.21. The van der Waals surface area contributed by atoms with Gasteiger partial charge in [-0.25, -0.2) is 4.79 Å². The predicted octanol–water partition coefficient (Wildman–Crippen LogP) is 0.138. The summed E-state index contributed by atoms with van der Waals surface area (Å²) in [6, 6.07) is -0.0387. The molecule has 0 bridgehead atoms. The van der Waals surface area contributed by atoms with Crippen molar-refractivity contribution >= 4 is 17.9 Å². The minimum atomic E-state index is -0.335. The van der Waals surface area contributed by atoms with Gasteiger partial charge in [0, 0.05) is 12.6 Å². The Morgan fingerprint density at radius 2 is 2.10 bits per heavy atom. The van der Waals surface area contributed by atoms with E-state index >= 15 is 0 Å². The normalized spacial score (nSPS) is 17.4. The fourth-order valence-corrected chi connectivity index (χ4v) is 1.65. The summed E-state index contributed by atoms with van der Waals surface area (Å²) >= 11 is 0. The summed E-state index contributed by atoms with van der Waals surface area (Å²) in [6.45, 7) is 9.90. The van der Waals surface area contributed by atoms with Crippen LogP contribution in [0.5, 0.6) is 0 Å². The maximum absolute atomic E-state index is 11.4. The minimum absolute atomic E-state index is 0.0885. The molecule has 3 N–H and O–H groups in total. The van der Waals surface area contributed by atoms with Gasteiger partial charge in [-0.15, -0.1) is 0 Å². The smallest absolute Gasteiger partial charge is 0.324 e. The zero-order valence-corrected chi connectivity index (χ0v) is 12.7. The fourth-order valence-electron chi connectivity index (χ4n) is 1.65. The van der Waals surface area contributed by atoms with Gasteiger partial charge < -0.3 is 16.0 Å². The Kier molecular flexibility index (Phi) is 6.27. The van der Waals surface area contributed by atoms with Gasteiger partial charge in [-0.2, -0.15) is 0 Å². The van der Waals surface area contributed by atoms with E-state index in [0.717, 1.165) is 6.54 Å². The van der Waals surface area contributed by atoms with E-state index < -0.39 is 0 Å². The number of amides is 3. The van der Waals surface area contributed by atoms with Gasteiger partial charge in [-0.05, 0) is 19.8 Å². The number of imide groups is 1. The summed E-state index contributed by atoms with van der Waals surface area (Å²) in [5, 5.41) is 8.94. The molecule has 1 fully saturated rings. The topological polar surface area (TPSA) is 85.8 Å². The summed E-state index contributed by atoms with van der Waals surface area (Å²) in [5.41, 5.74) is 0. The first-order chi connectivity index (χ1) is 9.45. The van der Waals surface area contributed by atoms with Crippen LogP contribution in [0.25, 0.3) is 0 Å². The van der Waals surface area contributed by atoms with E-state index in [0.29, 0.717) is 31.0 Å². The highest BCUT2D eigenvalue weighted by Gasteiger charge is 2.27. The maximum Gasteiger partial charge on any atom is 0.324 e. The van der Waals surface area contributed by atoms with Crippen LogP contribution >= 0.6 is 0 Å². The number of carbonyl (C=O) groups excluding carboxylic acids is 2. The van der Waals surface area contributed by atoms with Crippen LogP contribution in [0.3, 0.4) is 0 Å². The SMILES string of the molecule is CCNC(=NCCN1C(=O)CNC1=O)NC(C)C(C)C. The second-order valence-corrected chi connectivity index (χ2v) is 5.14. The number of nitrogens with one attached hydrogen (secondary N) is 3. The van der Waals surface area contributed by atoms with Crippen LogP contribution in [0.1, 0.15) is 27.7 Å². The van der Waals surface area contributed by atoms with Gasteiger partial charge in [0.2, 0.25) is 5.91 Å². The molecule has 1 saturated heterocycles. The number of guanidine groups is 1. The fraction of sp³-hybridized carbons (Fsp3) is 0.769. The Hall–Kier alpha value is -1.79. The van der Waals surface area contributed by atoms with Crippen LogP contribution in [0, 0.1) is 5.92 Å². The molecule has 1 atom stereocenters. The number of hydrogen-bond donors (Lipinski definition) is 3. The molecule has 0 saturated carbocycles. The molecule has 7 nitrogen and oxygen atoms in total. The van der Waals surface area contributed by atoms with Crippen molar-refractivity contribution < 1.29 is 9.59 Å². The summed E-state index contributed by atoms with van der Waals surface area (Å²) in [7, 11) is 0. The monoisotopic (exact) mass is 283 g/mol. The molecule has 1 heterocycles. The Morgan fingerprint density at radius 1 is 1.40 bits per heavy atom. The van der Waals surface area contributed by atoms with E-state index in [1.54, 1.807) is 0 Å². The molecule has 7 heteroatoms. The first-order valence-electron chi connectivity index (χ1n) is 7.08. The zero-order valence-electron chi connectivity index (χ0n) is 12.7. The van der Waals surface area contributed by atoms with Crippen LogP contribution in [-0.4, -0.2) is 55.0 Å². The molecule has 1 unspecified atom stereocenters. The van der Waals surface area contributed by atoms with Crippen molar-refractivity contribution in [3.63, 3.8) is 0 Å². The summed E-state index contributed by atoms with van der Waals surface area (Å²) in [4.78, 5) is 28.4. The molecule has 1 rings (SSSR count). The Bertz CT molecular complexity index is 365. The van der Waals surface area contributed by atoms with Crippen LogP contribution in [0.4, 0.5) is 4.79 Å². The molecule has 1 aliphatic rings. The van der Waals surface area contributed by atoms with Crippen molar-refractivity contribution in [2.45, 2.75) is 33.7 Å². The standard InChI is InChI=1S/C13H25N5O2/c1-5-14-12(17-10(4)9(2)3)15-6-7-18-11(19)8-16-13(18)20/h9-10H,5-8H2,1-4H3,(H,16,20)(H2,14,15,17). The van der Waals surface area contributed by atoms with Gasteiger partial charge in [0.15, 0.2) is 5.96 Å². The number of rotatable bonds is 6. The number of aliphatic imine (C=N–C) groups is 1. The lowest BCUT2D eigenvalue weighted by molar-refractivity contribution is -0.124. The van der Waals surface area contributed by atoms with Crippen molar-refractivity contribution in [2.24, 2.45) is 10.9 Å². The largest absolute Gasteiger partial charge is 0.357 e. The maximum atomic E-state index is 11.4. The lowest BCUT2D eigenvalue weighted by Crippen LogP contribution is -2.44. The van der Waals surface area contributed by atoms with Crippen molar-refractivity contribution in [1.29, 1.82) is 0 Å². The molecule has 1 aliphatic heterocycles. The highest BCUT2D eigenvalue weighted by atomic mass is 16.2. The van der Waals surface area contributed by atoms with Crippen LogP contribution < -0.4 is 16.0 Å². The molecule has 114 valence electrons. The predicted molar refractivity (Wildman–Crippen MR) is 78.5 cm³/mol. The third-order valence-electron chi connectivity index (χ3n) is 3.24. The lowest BCUT2D eigenvalue weighted by atomic mass is 10.1. The van der Waals surface area contributed by atoms with Crippen LogP contribution in [0.2, 0.25) is 0 Å². The van der Waals surface area contributed by atoms with Crippen molar-refractivity contribution in [3.8, 4) is 0 Å². The molecule has 20 heavy (non-hydrogen) atoms. The van der Waals surface area contributed by atoms with E-state index in [1.807, 2.05) is 6.92 Å². The third-order valence-corrected chi connectivity index (χ3v) is 3.24. The molecule has 3 amide bonds. The Labute approximate surface area is 120 Å². The number of carbonyl (C=O) groups is 2. The molecule has 0 aromatic carbocycles. The van der Waals surface area contributed by atoms with E-state index in [1.165, 1.54) is 4.90 Å². The highest BCUT2D eigenvalue weighted by Crippen LogP contribution is 2.00. The van der Waals surface area contributed by atoms with Crippen molar-refractivity contribution in [3.05, 3.63) is 0 Å². The van der Waals surface area contributed by atoms with Crippen molar-refractivity contribution in [1.82, 2.24) is 20.9 Å². The average Bonchev–Trinajstić information content (AvgIpc) is 2.70. The van der Waals surface area contributed by atoms with Gasteiger partial charge in [-0.3, -0.25) is 14.7 Å². The summed E-state index contributed by atoms with van der Waals surface area (Å²) in [5.74, 6) is 1.00. The molecular weight excluding hydrogens is 258 g/mol. The van der Waals surface area contributed by atoms with E-state index in [9.17, 15) is 9.59 Å².